The normalized spacial score (nSPS) is 15.7. The van der Waals surface area contributed by atoms with Crippen molar-refractivity contribution in [1.29, 1.82) is 0 Å². The highest BCUT2D eigenvalue weighted by atomic mass is 35.5. The Kier molecular flexibility index (Phi) is 9.49. The molecule has 4 nitrogen and oxygen atoms in total. The van der Waals surface area contributed by atoms with Crippen LogP contribution in [0.1, 0.15) is 71.7 Å². The second-order valence-electron chi connectivity index (χ2n) is 11.3. The summed E-state index contributed by atoms with van der Waals surface area (Å²) in [7, 11) is 0. The van der Waals surface area contributed by atoms with Crippen molar-refractivity contribution >= 4 is 52.4 Å². The summed E-state index contributed by atoms with van der Waals surface area (Å²) in [5.74, 6) is 0.238. The van der Waals surface area contributed by atoms with Crippen LogP contribution in [0.3, 0.4) is 0 Å². The molecule has 1 saturated carbocycles. The van der Waals surface area contributed by atoms with Gasteiger partial charge in [-0.05, 0) is 77.6 Å². The molecule has 1 aliphatic rings. The summed E-state index contributed by atoms with van der Waals surface area (Å²) in [6.07, 6.45) is 8.17. The van der Waals surface area contributed by atoms with Crippen LogP contribution in [-0.4, -0.2) is 33.5 Å². The highest BCUT2D eigenvalue weighted by molar-refractivity contribution is 7.99. The van der Waals surface area contributed by atoms with E-state index in [2.05, 4.69) is 61.5 Å². The summed E-state index contributed by atoms with van der Waals surface area (Å²) < 4.78 is 0. The number of carboxylic acids is 1. The summed E-state index contributed by atoms with van der Waals surface area (Å²) in [6, 6.07) is 26.8. The fraction of sp³-hybridized carbons (Fsp3) is 0.314. The SMILES string of the molecule is CC(CO)c1ccccc1CCC(SCC1(CC(=O)O)CC1)c1cccc(C=Cc2ccc3ccc(Cl)cc3n2)c1. The molecule has 5 rings (SSSR count). The minimum absolute atomic E-state index is 0.0692. The van der Waals surface area contributed by atoms with Crippen molar-refractivity contribution in [3.63, 3.8) is 0 Å². The maximum Gasteiger partial charge on any atom is 0.303 e. The first-order chi connectivity index (χ1) is 19.8. The van der Waals surface area contributed by atoms with Crippen molar-refractivity contribution < 1.29 is 15.0 Å². The van der Waals surface area contributed by atoms with E-state index in [-0.39, 0.29) is 29.6 Å². The number of hydrogen-bond donors (Lipinski definition) is 2. The molecule has 0 saturated heterocycles. The van der Waals surface area contributed by atoms with Gasteiger partial charge in [-0.2, -0.15) is 11.8 Å². The number of aliphatic hydroxyl groups is 1. The van der Waals surface area contributed by atoms with E-state index in [1.165, 1.54) is 16.7 Å². The van der Waals surface area contributed by atoms with Crippen LogP contribution in [0.4, 0.5) is 0 Å². The number of thioether (sulfide) groups is 1. The number of carboxylic acid groups (broad SMARTS) is 1. The number of aryl methyl sites for hydroxylation is 1. The molecule has 2 unspecified atom stereocenters. The molecule has 0 bridgehead atoms. The first-order valence-electron chi connectivity index (χ1n) is 14.2. The van der Waals surface area contributed by atoms with E-state index in [9.17, 15) is 15.0 Å². The maximum atomic E-state index is 11.5. The number of hydrogen-bond acceptors (Lipinski definition) is 4. The third-order valence-electron chi connectivity index (χ3n) is 8.01. The average Bonchev–Trinajstić information content (AvgIpc) is 3.74. The monoisotopic (exact) mass is 585 g/mol. The van der Waals surface area contributed by atoms with E-state index in [1.54, 1.807) is 0 Å². The van der Waals surface area contributed by atoms with Crippen LogP contribution in [0.2, 0.25) is 5.02 Å². The molecule has 0 spiro atoms. The van der Waals surface area contributed by atoms with Gasteiger partial charge in [0.25, 0.3) is 0 Å². The van der Waals surface area contributed by atoms with Gasteiger partial charge in [-0.3, -0.25) is 4.79 Å². The molecule has 4 aromatic rings. The second kappa shape index (κ2) is 13.2. The zero-order valence-electron chi connectivity index (χ0n) is 23.3. The Labute approximate surface area is 251 Å². The lowest BCUT2D eigenvalue weighted by atomic mass is 9.92. The molecule has 212 valence electrons. The predicted molar refractivity (Wildman–Crippen MR) is 172 cm³/mol. The second-order valence-corrected chi connectivity index (χ2v) is 12.9. The number of rotatable bonds is 13. The predicted octanol–water partition coefficient (Wildman–Crippen LogP) is 8.82. The van der Waals surface area contributed by atoms with Gasteiger partial charge >= 0.3 is 5.97 Å². The van der Waals surface area contributed by atoms with Gasteiger partial charge in [0.2, 0.25) is 0 Å². The molecule has 3 aromatic carbocycles. The van der Waals surface area contributed by atoms with Crippen molar-refractivity contribution in [1.82, 2.24) is 4.98 Å². The van der Waals surface area contributed by atoms with E-state index in [0.29, 0.717) is 5.02 Å². The molecule has 1 fully saturated rings. The number of pyridine rings is 1. The van der Waals surface area contributed by atoms with E-state index in [4.69, 9.17) is 16.6 Å². The number of aromatic nitrogens is 1. The van der Waals surface area contributed by atoms with E-state index < -0.39 is 5.97 Å². The Balaban J connectivity index is 1.36. The maximum absolute atomic E-state index is 11.5. The molecular formula is C35H36ClNO3S. The van der Waals surface area contributed by atoms with Crippen molar-refractivity contribution in [3.05, 3.63) is 112 Å². The van der Waals surface area contributed by atoms with E-state index >= 15 is 0 Å². The highest BCUT2D eigenvalue weighted by Gasteiger charge is 2.44. The Bertz CT molecular complexity index is 1550. The van der Waals surface area contributed by atoms with Gasteiger partial charge in [0.15, 0.2) is 0 Å². The smallest absolute Gasteiger partial charge is 0.303 e. The molecule has 1 aliphatic carbocycles. The number of aliphatic carboxylic acids is 1. The summed E-state index contributed by atoms with van der Waals surface area (Å²) in [5, 5.41) is 21.2. The largest absolute Gasteiger partial charge is 0.481 e. The van der Waals surface area contributed by atoms with Gasteiger partial charge in [-0.15, -0.1) is 0 Å². The van der Waals surface area contributed by atoms with E-state index in [0.717, 1.165) is 53.6 Å². The number of fused-ring (bicyclic) bond motifs is 1. The first kappa shape index (κ1) is 29.4. The number of halogens is 1. The summed E-state index contributed by atoms with van der Waals surface area (Å²) >= 11 is 8.06. The minimum atomic E-state index is -0.705. The van der Waals surface area contributed by atoms with Crippen LogP contribution < -0.4 is 0 Å². The molecule has 1 aromatic heterocycles. The third kappa shape index (κ3) is 7.79. The van der Waals surface area contributed by atoms with Crippen molar-refractivity contribution in [2.45, 2.75) is 50.2 Å². The van der Waals surface area contributed by atoms with Gasteiger partial charge in [-0.25, -0.2) is 4.98 Å². The molecule has 0 radical (unpaired) electrons. The van der Waals surface area contributed by atoms with Crippen LogP contribution in [0, 0.1) is 5.41 Å². The zero-order valence-corrected chi connectivity index (χ0v) is 24.9. The number of nitrogens with zero attached hydrogens (tertiary/aromatic N) is 1. The fourth-order valence-electron chi connectivity index (χ4n) is 5.36. The molecule has 2 N–H and O–H groups in total. The molecular weight excluding hydrogens is 550 g/mol. The van der Waals surface area contributed by atoms with Gasteiger partial charge in [0, 0.05) is 33.9 Å². The van der Waals surface area contributed by atoms with Gasteiger partial charge in [-0.1, -0.05) is 85.3 Å². The fourth-order valence-corrected chi connectivity index (χ4v) is 7.10. The molecule has 41 heavy (non-hydrogen) atoms. The number of carbonyl (C=O) groups is 1. The zero-order chi connectivity index (χ0) is 28.8. The topological polar surface area (TPSA) is 70.4 Å². The lowest BCUT2D eigenvalue weighted by Crippen LogP contribution is -2.12. The quantitative estimate of drug-likeness (QED) is 0.164. The molecule has 1 heterocycles. The van der Waals surface area contributed by atoms with Crippen molar-refractivity contribution in [3.8, 4) is 0 Å². The number of aliphatic hydroxyl groups excluding tert-OH is 1. The van der Waals surface area contributed by atoms with E-state index in [1.807, 2.05) is 48.2 Å². The first-order valence-corrected chi connectivity index (χ1v) is 15.6. The Morgan fingerprint density at radius 3 is 2.63 bits per heavy atom. The van der Waals surface area contributed by atoms with Crippen LogP contribution in [0.25, 0.3) is 23.1 Å². The lowest BCUT2D eigenvalue weighted by molar-refractivity contribution is -0.138. The lowest BCUT2D eigenvalue weighted by Gasteiger charge is -2.22. The van der Waals surface area contributed by atoms with Crippen LogP contribution in [0.5, 0.6) is 0 Å². The minimum Gasteiger partial charge on any atom is -0.481 e. The summed E-state index contributed by atoms with van der Waals surface area (Å²) in [4.78, 5) is 16.2. The van der Waals surface area contributed by atoms with Crippen molar-refractivity contribution in [2.24, 2.45) is 5.41 Å². The molecule has 0 amide bonds. The van der Waals surface area contributed by atoms with Gasteiger partial charge < -0.3 is 10.2 Å². The standard InChI is InChI=1S/C35H36ClNO3S/c1-24(22-38)31-8-3-2-6-26(31)12-16-33(41-23-35(17-18-35)21-34(39)40)28-7-4-5-25(19-28)9-14-30-15-11-27-10-13-29(36)20-32(27)37-30/h2-11,13-15,19-20,24,33,38H,12,16-18,21-23H2,1H3,(H,39,40). The summed E-state index contributed by atoms with van der Waals surface area (Å²) in [6.45, 7) is 2.18. The van der Waals surface area contributed by atoms with Crippen LogP contribution in [-0.2, 0) is 11.2 Å². The van der Waals surface area contributed by atoms with Gasteiger partial charge in [0.05, 0.1) is 17.6 Å². The third-order valence-corrected chi connectivity index (χ3v) is 9.94. The Morgan fingerprint density at radius 2 is 1.85 bits per heavy atom. The Hall–Kier alpha value is -3.12. The van der Waals surface area contributed by atoms with Crippen molar-refractivity contribution in [2.75, 3.05) is 12.4 Å². The van der Waals surface area contributed by atoms with Gasteiger partial charge in [0.1, 0.15) is 0 Å². The molecule has 0 aliphatic heterocycles. The Morgan fingerprint density at radius 1 is 1.05 bits per heavy atom. The van der Waals surface area contributed by atoms with Crippen LogP contribution in [0.15, 0.2) is 78.9 Å². The average molecular weight is 586 g/mol. The summed E-state index contributed by atoms with van der Waals surface area (Å²) in [5.41, 5.74) is 6.48. The molecule has 2 atom stereocenters. The van der Waals surface area contributed by atoms with Crippen LogP contribution >= 0.6 is 23.4 Å². The molecule has 6 heteroatoms. The highest BCUT2D eigenvalue weighted by Crippen LogP contribution is 2.53. The number of benzene rings is 3.